The number of carbonyl (C=O) groups is 1. The number of benzene rings is 1. The highest BCUT2D eigenvalue weighted by Gasteiger charge is 2.17. The molecule has 0 unspecified atom stereocenters. The second kappa shape index (κ2) is 5.49. The molecule has 0 aliphatic carbocycles. The van der Waals surface area contributed by atoms with Crippen LogP contribution in [0.15, 0.2) is 12.1 Å². The van der Waals surface area contributed by atoms with Crippen LogP contribution in [0.3, 0.4) is 0 Å². The van der Waals surface area contributed by atoms with E-state index in [-0.39, 0.29) is 29.4 Å². The average Bonchev–Trinajstić information content (AvgIpc) is 2.23. The van der Waals surface area contributed by atoms with Gasteiger partial charge >= 0.3 is 5.97 Å². The van der Waals surface area contributed by atoms with Crippen LogP contribution in [-0.2, 0) is 16.0 Å². The van der Waals surface area contributed by atoms with E-state index in [1.54, 1.807) is 6.92 Å². The molecule has 0 aromatic heterocycles. The van der Waals surface area contributed by atoms with Gasteiger partial charge in [0.05, 0.1) is 23.6 Å². The Kier molecular flexibility index (Phi) is 4.28. The molecular formula is C10H11ClN2O4. The van der Waals surface area contributed by atoms with Gasteiger partial charge in [-0.2, -0.15) is 0 Å². The van der Waals surface area contributed by atoms with Crippen molar-refractivity contribution in [3.63, 3.8) is 0 Å². The largest absolute Gasteiger partial charge is 0.466 e. The molecule has 0 amide bonds. The molecule has 0 radical (unpaired) electrons. The van der Waals surface area contributed by atoms with Crippen molar-refractivity contribution in [2.24, 2.45) is 0 Å². The number of rotatable bonds is 4. The minimum atomic E-state index is -0.645. The molecule has 0 aliphatic heterocycles. The Bertz CT molecular complexity index is 462. The number of hydrogen-bond donors (Lipinski definition) is 1. The summed E-state index contributed by atoms with van der Waals surface area (Å²) in [7, 11) is 0. The summed E-state index contributed by atoms with van der Waals surface area (Å²) in [6.45, 7) is 1.93. The number of halogens is 1. The number of ether oxygens (including phenoxy) is 1. The number of hydrogen-bond acceptors (Lipinski definition) is 5. The van der Waals surface area contributed by atoms with Gasteiger partial charge in [-0.3, -0.25) is 14.9 Å². The topological polar surface area (TPSA) is 95.5 Å². The van der Waals surface area contributed by atoms with Crippen LogP contribution in [0.25, 0.3) is 0 Å². The minimum Gasteiger partial charge on any atom is -0.466 e. The predicted molar refractivity (Wildman–Crippen MR) is 62.9 cm³/mol. The van der Waals surface area contributed by atoms with E-state index in [1.807, 2.05) is 0 Å². The van der Waals surface area contributed by atoms with Crippen molar-refractivity contribution in [1.82, 2.24) is 0 Å². The van der Waals surface area contributed by atoms with Crippen LogP contribution < -0.4 is 5.73 Å². The lowest BCUT2D eigenvalue weighted by Crippen LogP contribution is -2.08. The SMILES string of the molecule is CCOC(=O)Cc1cc(N)c(Cl)c([N+](=O)[O-])c1. The Balaban J connectivity index is 3.02. The average molecular weight is 259 g/mol. The molecule has 92 valence electrons. The Labute approximate surface area is 102 Å². The molecule has 2 N–H and O–H groups in total. The van der Waals surface area contributed by atoms with Crippen molar-refractivity contribution in [3.8, 4) is 0 Å². The molecule has 0 saturated carbocycles. The minimum absolute atomic E-state index is 0.0696. The number of anilines is 1. The van der Waals surface area contributed by atoms with Gasteiger partial charge in [0.1, 0.15) is 5.02 Å². The van der Waals surface area contributed by atoms with Crippen molar-refractivity contribution < 1.29 is 14.5 Å². The van der Waals surface area contributed by atoms with Gasteiger partial charge in [-0.05, 0) is 18.6 Å². The van der Waals surface area contributed by atoms with Crippen LogP contribution in [-0.4, -0.2) is 17.5 Å². The number of esters is 1. The Morgan fingerprint density at radius 2 is 2.24 bits per heavy atom. The molecule has 1 aromatic rings. The van der Waals surface area contributed by atoms with Gasteiger partial charge in [-0.25, -0.2) is 0 Å². The van der Waals surface area contributed by atoms with Crippen LogP contribution in [0.1, 0.15) is 12.5 Å². The maximum Gasteiger partial charge on any atom is 0.310 e. The molecule has 17 heavy (non-hydrogen) atoms. The molecule has 7 heteroatoms. The lowest BCUT2D eigenvalue weighted by molar-refractivity contribution is -0.384. The lowest BCUT2D eigenvalue weighted by Gasteiger charge is -2.05. The second-order valence-electron chi connectivity index (χ2n) is 3.26. The van der Waals surface area contributed by atoms with E-state index in [9.17, 15) is 14.9 Å². The zero-order valence-corrected chi connectivity index (χ0v) is 9.86. The van der Waals surface area contributed by atoms with Crippen LogP contribution in [0.2, 0.25) is 5.02 Å². The summed E-state index contributed by atoms with van der Waals surface area (Å²) in [5, 5.41) is 10.6. The summed E-state index contributed by atoms with van der Waals surface area (Å²) in [6, 6.07) is 2.64. The summed E-state index contributed by atoms with van der Waals surface area (Å²) in [5.74, 6) is -0.469. The normalized spacial score (nSPS) is 10.0. The molecule has 0 atom stereocenters. The highest BCUT2D eigenvalue weighted by molar-refractivity contribution is 6.35. The van der Waals surface area contributed by atoms with E-state index in [2.05, 4.69) is 0 Å². The summed E-state index contributed by atoms with van der Waals surface area (Å²) in [4.78, 5) is 21.3. The second-order valence-corrected chi connectivity index (χ2v) is 3.64. The number of nitro groups is 1. The van der Waals surface area contributed by atoms with Crippen molar-refractivity contribution in [1.29, 1.82) is 0 Å². The summed E-state index contributed by atoms with van der Waals surface area (Å²) >= 11 is 5.68. The first kappa shape index (κ1) is 13.2. The van der Waals surface area contributed by atoms with Crippen LogP contribution >= 0.6 is 11.6 Å². The zero-order valence-electron chi connectivity index (χ0n) is 9.10. The number of nitrogens with zero attached hydrogens (tertiary/aromatic N) is 1. The van der Waals surface area contributed by atoms with Gasteiger partial charge in [0.2, 0.25) is 0 Å². The number of carbonyl (C=O) groups excluding carboxylic acids is 1. The first-order valence-electron chi connectivity index (χ1n) is 4.83. The van der Waals surface area contributed by atoms with E-state index in [0.29, 0.717) is 5.56 Å². The third kappa shape index (κ3) is 3.32. The van der Waals surface area contributed by atoms with Crippen molar-refractivity contribution in [2.75, 3.05) is 12.3 Å². The highest BCUT2D eigenvalue weighted by Crippen LogP contribution is 2.31. The predicted octanol–water partition coefficient (Wildman–Crippen LogP) is 1.94. The molecule has 0 aliphatic rings. The van der Waals surface area contributed by atoms with Crippen molar-refractivity contribution in [3.05, 3.63) is 32.8 Å². The molecule has 0 heterocycles. The van der Waals surface area contributed by atoms with Gasteiger partial charge < -0.3 is 10.5 Å². The lowest BCUT2D eigenvalue weighted by atomic mass is 10.1. The first-order chi connectivity index (χ1) is 7.95. The Morgan fingerprint density at radius 3 is 2.76 bits per heavy atom. The summed E-state index contributed by atoms with van der Waals surface area (Å²) in [5.41, 5.74) is 5.68. The number of nitrogen functional groups attached to an aromatic ring is 1. The molecule has 6 nitrogen and oxygen atoms in total. The van der Waals surface area contributed by atoms with Crippen LogP contribution in [0, 0.1) is 10.1 Å². The van der Waals surface area contributed by atoms with Crippen LogP contribution in [0.4, 0.5) is 11.4 Å². The maximum absolute atomic E-state index is 11.2. The molecule has 1 aromatic carbocycles. The Morgan fingerprint density at radius 1 is 1.59 bits per heavy atom. The third-order valence-corrected chi connectivity index (χ3v) is 2.40. The number of nitro benzene ring substituents is 1. The van der Waals surface area contributed by atoms with E-state index in [1.165, 1.54) is 12.1 Å². The monoisotopic (exact) mass is 258 g/mol. The fourth-order valence-electron chi connectivity index (χ4n) is 1.31. The Hall–Kier alpha value is -1.82. The first-order valence-corrected chi connectivity index (χ1v) is 5.21. The molecule has 0 fully saturated rings. The van der Waals surface area contributed by atoms with Gasteiger partial charge in [-0.15, -0.1) is 0 Å². The number of nitrogens with two attached hydrogens (primary N) is 1. The fraction of sp³-hybridized carbons (Fsp3) is 0.300. The van der Waals surface area contributed by atoms with E-state index in [4.69, 9.17) is 22.1 Å². The van der Waals surface area contributed by atoms with Gasteiger partial charge in [0, 0.05) is 6.07 Å². The van der Waals surface area contributed by atoms with E-state index in [0.717, 1.165) is 0 Å². The zero-order chi connectivity index (χ0) is 13.0. The van der Waals surface area contributed by atoms with Gasteiger partial charge in [-0.1, -0.05) is 11.6 Å². The van der Waals surface area contributed by atoms with E-state index >= 15 is 0 Å². The third-order valence-electron chi connectivity index (χ3n) is 1.99. The van der Waals surface area contributed by atoms with Crippen molar-refractivity contribution >= 4 is 28.9 Å². The maximum atomic E-state index is 11.2. The fourth-order valence-corrected chi connectivity index (χ4v) is 1.48. The molecule has 0 saturated heterocycles. The summed E-state index contributed by atoms with van der Waals surface area (Å²) in [6.07, 6.45) is -0.0734. The summed E-state index contributed by atoms with van der Waals surface area (Å²) < 4.78 is 4.73. The highest BCUT2D eigenvalue weighted by atomic mass is 35.5. The standard InChI is InChI=1S/C10H11ClN2O4/c1-2-17-9(14)5-6-3-7(12)10(11)8(4-6)13(15)16/h3-4H,2,5,12H2,1H3. The molecular weight excluding hydrogens is 248 g/mol. The van der Waals surface area contributed by atoms with Crippen LogP contribution in [0.5, 0.6) is 0 Å². The van der Waals surface area contributed by atoms with Crippen molar-refractivity contribution in [2.45, 2.75) is 13.3 Å². The quantitative estimate of drug-likeness (QED) is 0.385. The van der Waals surface area contributed by atoms with Gasteiger partial charge in [0.25, 0.3) is 5.69 Å². The molecule has 1 rings (SSSR count). The molecule has 0 spiro atoms. The molecule has 0 bridgehead atoms. The smallest absolute Gasteiger partial charge is 0.310 e. The van der Waals surface area contributed by atoms with E-state index < -0.39 is 10.9 Å². The van der Waals surface area contributed by atoms with Gasteiger partial charge in [0.15, 0.2) is 0 Å².